The van der Waals surface area contributed by atoms with Crippen LogP contribution in [0.3, 0.4) is 0 Å². The van der Waals surface area contributed by atoms with Gasteiger partial charge in [-0.1, -0.05) is 12.1 Å². The van der Waals surface area contributed by atoms with Gasteiger partial charge in [-0.25, -0.2) is 0 Å². The van der Waals surface area contributed by atoms with Crippen LogP contribution >= 0.6 is 0 Å². The molecule has 0 aliphatic carbocycles. The van der Waals surface area contributed by atoms with E-state index < -0.39 is 4.92 Å². The first-order chi connectivity index (χ1) is 10.0. The zero-order valence-corrected chi connectivity index (χ0v) is 11.1. The van der Waals surface area contributed by atoms with Crippen molar-refractivity contribution in [2.24, 2.45) is 0 Å². The number of carbonyl (C=O) groups is 1. The topological polar surface area (TPSA) is 93.2 Å². The molecule has 6 nitrogen and oxygen atoms in total. The summed E-state index contributed by atoms with van der Waals surface area (Å²) in [6, 6.07) is 12.2. The molecular weight excluding hydrogens is 272 g/mol. The van der Waals surface area contributed by atoms with E-state index in [9.17, 15) is 14.9 Å². The SMILES string of the molecule is CC(=O)c1ccccc1Oc1ccc(C#N)cc1[N+](=O)[O-]. The minimum atomic E-state index is -0.632. The van der Waals surface area contributed by atoms with Gasteiger partial charge < -0.3 is 4.74 Å². The summed E-state index contributed by atoms with van der Waals surface area (Å²) in [5.41, 5.74) is 0.164. The normalized spacial score (nSPS) is 9.71. The van der Waals surface area contributed by atoms with Crippen molar-refractivity contribution in [2.45, 2.75) is 6.92 Å². The second kappa shape index (κ2) is 5.84. The largest absolute Gasteiger partial charge is 0.449 e. The van der Waals surface area contributed by atoms with Gasteiger partial charge in [-0.3, -0.25) is 14.9 Å². The Morgan fingerprint density at radius 3 is 2.57 bits per heavy atom. The molecule has 0 bridgehead atoms. The average molecular weight is 282 g/mol. The summed E-state index contributed by atoms with van der Waals surface area (Å²) < 4.78 is 5.49. The van der Waals surface area contributed by atoms with Crippen molar-refractivity contribution in [1.29, 1.82) is 5.26 Å². The number of hydrogen-bond donors (Lipinski definition) is 0. The third-order valence-corrected chi connectivity index (χ3v) is 2.77. The van der Waals surface area contributed by atoms with Crippen LogP contribution in [0.2, 0.25) is 0 Å². The summed E-state index contributed by atoms with van der Waals surface area (Å²) in [6.07, 6.45) is 0. The van der Waals surface area contributed by atoms with E-state index in [4.69, 9.17) is 10.00 Å². The van der Waals surface area contributed by atoms with Crippen LogP contribution in [0, 0.1) is 21.4 Å². The van der Waals surface area contributed by atoms with Crippen LogP contribution < -0.4 is 4.74 Å². The predicted octanol–water partition coefficient (Wildman–Crippen LogP) is 3.46. The molecule has 0 atom stereocenters. The fraction of sp³-hybridized carbons (Fsp3) is 0.0667. The molecule has 0 spiro atoms. The number of rotatable bonds is 4. The van der Waals surface area contributed by atoms with E-state index in [0.29, 0.717) is 5.56 Å². The van der Waals surface area contributed by atoms with E-state index in [1.807, 2.05) is 6.07 Å². The lowest BCUT2D eigenvalue weighted by atomic mass is 10.1. The second-order valence-corrected chi connectivity index (χ2v) is 4.21. The number of nitriles is 1. The van der Waals surface area contributed by atoms with E-state index in [2.05, 4.69) is 0 Å². The fourth-order valence-corrected chi connectivity index (χ4v) is 1.78. The lowest BCUT2D eigenvalue weighted by Crippen LogP contribution is -1.99. The maximum Gasteiger partial charge on any atom is 0.312 e. The number of nitro groups is 1. The van der Waals surface area contributed by atoms with Crippen molar-refractivity contribution < 1.29 is 14.5 Å². The number of hydrogen-bond acceptors (Lipinski definition) is 5. The number of ether oxygens (including phenoxy) is 1. The van der Waals surface area contributed by atoms with Gasteiger partial charge in [0.15, 0.2) is 5.78 Å². The summed E-state index contributed by atoms with van der Waals surface area (Å²) in [6.45, 7) is 1.38. The summed E-state index contributed by atoms with van der Waals surface area (Å²) in [4.78, 5) is 21.9. The van der Waals surface area contributed by atoms with Crippen molar-refractivity contribution in [3.8, 4) is 17.6 Å². The van der Waals surface area contributed by atoms with Crippen LogP contribution in [-0.4, -0.2) is 10.7 Å². The number of ketones is 1. The number of benzene rings is 2. The monoisotopic (exact) mass is 282 g/mol. The highest BCUT2D eigenvalue weighted by Gasteiger charge is 2.18. The molecule has 2 rings (SSSR count). The number of carbonyl (C=O) groups excluding carboxylic acids is 1. The molecule has 0 saturated carbocycles. The van der Waals surface area contributed by atoms with Gasteiger partial charge in [0.25, 0.3) is 0 Å². The molecular formula is C15H10N2O4. The number of para-hydroxylation sites is 1. The molecule has 6 heteroatoms. The second-order valence-electron chi connectivity index (χ2n) is 4.21. The Balaban J connectivity index is 2.48. The molecule has 0 aromatic heterocycles. The number of Topliss-reactive ketones (excluding diaryl/α,β-unsaturated/α-hetero) is 1. The van der Waals surface area contributed by atoms with Crippen LogP contribution in [0.1, 0.15) is 22.8 Å². The predicted molar refractivity (Wildman–Crippen MR) is 74.3 cm³/mol. The molecule has 104 valence electrons. The van der Waals surface area contributed by atoms with Gasteiger partial charge in [0.05, 0.1) is 22.1 Å². The van der Waals surface area contributed by atoms with Gasteiger partial charge in [0, 0.05) is 6.07 Å². The van der Waals surface area contributed by atoms with Crippen molar-refractivity contribution in [2.75, 3.05) is 0 Å². The molecule has 0 fully saturated rings. The Bertz CT molecular complexity index is 763. The highest BCUT2D eigenvalue weighted by atomic mass is 16.6. The van der Waals surface area contributed by atoms with Crippen LogP contribution in [0.25, 0.3) is 0 Å². The van der Waals surface area contributed by atoms with E-state index in [0.717, 1.165) is 6.07 Å². The van der Waals surface area contributed by atoms with Crippen molar-refractivity contribution in [3.63, 3.8) is 0 Å². The van der Waals surface area contributed by atoms with Gasteiger partial charge >= 0.3 is 5.69 Å². The lowest BCUT2D eigenvalue weighted by Gasteiger charge is -2.09. The average Bonchev–Trinajstić information content (AvgIpc) is 2.47. The summed E-state index contributed by atoms with van der Waals surface area (Å²) in [7, 11) is 0. The molecule has 0 radical (unpaired) electrons. The molecule has 0 unspecified atom stereocenters. The van der Waals surface area contributed by atoms with Crippen molar-refractivity contribution >= 4 is 11.5 Å². The highest BCUT2D eigenvalue weighted by Crippen LogP contribution is 2.33. The summed E-state index contributed by atoms with van der Waals surface area (Å²) in [5, 5.41) is 19.8. The van der Waals surface area contributed by atoms with Gasteiger partial charge in [0.1, 0.15) is 5.75 Å². The zero-order valence-electron chi connectivity index (χ0n) is 11.1. The van der Waals surface area contributed by atoms with Crippen LogP contribution in [0.5, 0.6) is 11.5 Å². The summed E-state index contributed by atoms with van der Waals surface area (Å²) >= 11 is 0. The Hall–Kier alpha value is -3.20. The van der Waals surface area contributed by atoms with Gasteiger partial charge in [-0.15, -0.1) is 0 Å². The van der Waals surface area contributed by atoms with Crippen LogP contribution in [0.4, 0.5) is 5.69 Å². The van der Waals surface area contributed by atoms with Gasteiger partial charge in [-0.2, -0.15) is 5.26 Å². The molecule has 0 saturated heterocycles. The Morgan fingerprint density at radius 1 is 1.24 bits per heavy atom. The molecule has 0 aliphatic rings. The van der Waals surface area contributed by atoms with Crippen molar-refractivity contribution in [1.82, 2.24) is 0 Å². The van der Waals surface area contributed by atoms with Crippen LogP contribution in [0.15, 0.2) is 42.5 Å². The molecule has 21 heavy (non-hydrogen) atoms. The summed E-state index contributed by atoms with van der Waals surface area (Å²) in [5.74, 6) is 0.00686. The number of nitrogens with zero attached hydrogens (tertiary/aromatic N) is 2. The number of nitro benzene ring substituents is 1. The van der Waals surface area contributed by atoms with Crippen molar-refractivity contribution in [3.05, 3.63) is 63.7 Å². The van der Waals surface area contributed by atoms with Gasteiger partial charge in [0.2, 0.25) is 5.75 Å². The lowest BCUT2D eigenvalue weighted by molar-refractivity contribution is -0.385. The first kappa shape index (κ1) is 14.2. The minimum Gasteiger partial charge on any atom is -0.449 e. The molecule has 0 amide bonds. The Morgan fingerprint density at radius 2 is 1.95 bits per heavy atom. The first-order valence-electron chi connectivity index (χ1n) is 5.99. The Kier molecular flexibility index (Phi) is 3.95. The van der Waals surface area contributed by atoms with E-state index >= 15 is 0 Å². The quantitative estimate of drug-likeness (QED) is 0.486. The highest BCUT2D eigenvalue weighted by molar-refractivity contribution is 5.96. The first-order valence-corrected chi connectivity index (χ1v) is 5.99. The Labute approximate surface area is 120 Å². The van der Waals surface area contributed by atoms with Crippen LogP contribution in [-0.2, 0) is 0 Å². The molecule has 0 N–H and O–H groups in total. The molecule has 2 aromatic carbocycles. The van der Waals surface area contributed by atoms with E-state index in [-0.39, 0.29) is 28.5 Å². The third-order valence-electron chi connectivity index (χ3n) is 2.77. The fourth-order valence-electron chi connectivity index (χ4n) is 1.78. The molecule has 0 heterocycles. The standard InChI is InChI=1S/C15H10N2O4/c1-10(18)12-4-2-3-5-14(12)21-15-7-6-11(9-16)8-13(15)17(19)20/h2-8H,1H3. The minimum absolute atomic E-state index is 0.0206. The maximum absolute atomic E-state index is 11.5. The van der Waals surface area contributed by atoms with E-state index in [1.54, 1.807) is 24.3 Å². The van der Waals surface area contributed by atoms with E-state index in [1.165, 1.54) is 19.1 Å². The maximum atomic E-state index is 11.5. The molecule has 2 aromatic rings. The smallest absolute Gasteiger partial charge is 0.312 e. The third kappa shape index (κ3) is 3.04. The zero-order chi connectivity index (χ0) is 15.4. The molecule has 0 aliphatic heterocycles. The van der Waals surface area contributed by atoms with Gasteiger partial charge in [-0.05, 0) is 31.2 Å².